The number of hydrogen-bond donors (Lipinski definition) is 1. The second-order valence-corrected chi connectivity index (χ2v) is 6.17. The van der Waals surface area contributed by atoms with Crippen molar-refractivity contribution in [1.29, 1.82) is 0 Å². The minimum Gasteiger partial charge on any atom is -0.508 e. The molecule has 0 aliphatic carbocycles. The van der Waals surface area contributed by atoms with Gasteiger partial charge in [0, 0.05) is 18.0 Å². The fraction of sp³-hybridized carbons (Fsp3) is 0.235. The molecule has 1 amide bonds. The van der Waals surface area contributed by atoms with E-state index in [-0.39, 0.29) is 11.7 Å². The predicted octanol–water partition coefficient (Wildman–Crippen LogP) is 3.07. The maximum Gasteiger partial charge on any atom is 0.233 e. The molecule has 0 bridgehead atoms. The van der Waals surface area contributed by atoms with Gasteiger partial charge in [0.05, 0.1) is 5.75 Å². The zero-order valence-corrected chi connectivity index (χ0v) is 12.5. The zero-order valence-electron chi connectivity index (χ0n) is 11.7. The predicted molar refractivity (Wildman–Crippen MR) is 84.4 cm³/mol. The molecule has 0 radical (unpaired) electrons. The third kappa shape index (κ3) is 3.39. The van der Waals surface area contributed by atoms with Crippen LogP contribution in [0.1, 0.15) is 11.1 Å². The van der Waals surface area contributed by atoms with E-state index < -0.39 is 0 Å². The number of amides is 1. The third-order valence-electron chi connectivity index (χ3n) is 3.66. The monoisotopic (exact) mass is 299 g/mol. The minimum absolute atomic E-state index is 0.151. The van der Waals surface area contributed by atoms with Gasteiger partial charge >= 0.3 is 0 Å². The molecule has 0 spiro atoms. The lowest BCUT2D eigenvalue weighted by atomic mass is 10.00. The van der Waals surface area contributed by atoms with E-state index >= 15 is 0 Å². The van der Waals surface area contributed by atoms with Crippen LogP contribution in [0.25, 0.3) is 0 Å². The Balaban J connectivity index is 1.59. The van der Waals surface area contributed by atoms with Crippen LogP contribution in [0.5, 0.6) is 5.75 Å². The molecule has 2 aromatic rings. The molecule has 21 heavy (non-hydrogen) atoms. The number of carbonyl (C=O) groups is 1. The summed E-state index contributed by atoms with van der Waals surface area (Å²) in [5.41, 5.74) is 2.60. The second kappa shape index (κ2) is 6.22. The largest absolute Gasteiger partial charge is 0.508 e. The van der Waals surface area contributed by atoms with Crippen molar-refractivity contribution in [3.63, 3.8) is 0 Å². The SMILES string of the molecule is O=C(CSc1cccc(O)c1)N1CCc2ccccc2C1. The fourth-order valence-corrected chi connectivity index (χ4v) is 3.37. The number of thioether (sulfide) groups is 1. The van der Waals surface area contributed by atoms with Gasteiger partial charge in [0.1, 0.15) is 5.75 Å². The molecule has 1 N–H and O–H groups in total. The van der Waals surface area contributed by atoms with Crippen LogP contribution in [-0.4, -0.2) is 28.2 Å². The van der Waals surface area contributed by atoms with Crippen LogP contribution in [0, 0.1) is 0 Å². The number of hydrogen-bond acceptors (Lipinski definition) is 3. The summed E-state index contributed by atoms with van der Waals surface area (Å²) in [6.45, 7) is 1.49. The van der Waals surface area contributed by atoms with Crippen molar-refractivity contribution < 1.29 is 9.90 Å². The molecule has 0 aromatic heterocycles. The van der Waals surface area contributed by atoms with Gasteiger partial charge in [-0.2, -0.15) is 0 Å². The standard InChI is InChI=1S/C17H17NO2S/c19-15-6-3-7-16(10-15)21-12-17(20)18-9-8-13-4-1-2-5-14(13)11-18/h1-7,10,19H,8-9,11-12H2. The van der Waals surface area contributed by atoms with E-state index in [1.807, 2.05) is 23.1 Å². The maximum absolute atomic E-state index is 12.3. The number of carbonyl (C=O) groups excluding carboxylic acids is 1. The molecule has 3 rings (SSSR count). The van der Waals surface area contributed by atoms with Gasteiger partial charge in [0.15, 0.2) is 0 Å². The first-order chi connectivity index (χ1) is 10.2. The van der Waals surface area contributed by atoms with Gasteiger partial charge in [-0.1, -0.05) is 30.3 Å². The van der Waals surface area contributed by atoms with E-state index in [1.165, 1.54) is 22.9 Å². The number of benzene rings is 2. The van der Waals surface area contributed by atoms with Crippen LogP contribution in [0.4, 0.5) is 0 Å². The molecule has 0 fully saturated rings. The molecule has 1 heterocycles. The number of phenolic OH excluding ortho intramolecular Hbond substituents is 1. The number of nitrogens with zero attached hydrogens (tertiary/aromatic N) is 1. The molecule has 2 aromatic carbocycles. The van der Waals surface area contributed by atoms with E-state index in [4.69, 9.17) is 0 Å². The Kier molecular flexibility index (Phi) is 4.15. The van der Waals surface area contributed by atoms with Gasteiger partial charge in [-0.25, -0.2) is 0 Å². The van der Waals surface area contributed by atoms with Crippen molar-refractivity contribution in [2.75, 3.05) is 12.3 Å². The summed E-state index contributed by atoms with van der Waals surface area (Å²) in [4.78, 5) is 15.1. The Labute approximate surface area is 128 Å². The molecule has 0 saturated heterocycles. The van der Waals surface area contributed by atoms with Gasteiger partial charge in [0.2, 0.25) is 5.91 Å². The van der Waals surface area contributed by atoms with E-state index in [0.29, 0.717) is 12.3 Å². The fourth-order valence-electron chi connectivity index (χ4n) is 2.52. The summed E-state index contributed by atoms with van der Waals surface area (Å²) in [7, 11) is 0. The molecular formula is C17H17NO2S. The summed E-state index contributed by atoms with van der Waals surface area (Å²) >= 11 is 1.47. The number of fused-ring (bicyclic) bond motifs is 1. The summed E-state index contributed by atoms with van der Waals surface area (Å²) in [5.74, 6) is 0.795. The molecule has 0 unspecified atom stereocenters. The Morgan fingerprint density at radius 3 is 2.76 bits per heavy atom. The first kappa shape index (κ1) is 14.0. The summed E-state index contributed by atoms with van der Waals surface area (Å²) in [6, 6.07) is 15.3. The lowest BCUT2D eigenvalue weighted by molar-refractivity contribution is -0.129. The Morgan fingerprint density at radius 2 is 1.95 bits per heavy atom. The molecule has 0 saturated carbocycles. The van der Waals surface area contributed by atoms with Crippen LogP contribution < -0.4 is 0 Å². The average Bonchev–Trinajstić information content (AvgIpc) is 2.52. The Hall–Kier alpha value is -1.94. The number of rotatable bonds is 3. The summed E-state index contributed by atoms with van der Waals surface area (Å²) in [6.07, 6.45) is 0.929. The molecule has 108 valence electrons. The molecule has 4 heteroatoms. The van der Waals surface area contributed by atoms with E-state index in [9.17, 15) is 9.90 Å². The van der Waals surface area contributed by atoms with Crippen molar-refractivity contribution in [1.82, 2.24) is 4.90 Å². The molecule has 1 aliphatic rings. The minimum atomic E-state index is 0.151. The highest BCUT2D eigenvalue weighted by atomic mass is 32.2. The van der Waals surface area contributed by atoms with Crippen molar-refractivity contribution in [2.45, 2.75) is 17.9 Å². The van der Waals surface area contributed by atoms with E-state index in [0.717, 1.165) is 17.9 Å². The van der Waals surface area contributed by atoms with Gasteiger partial charge in [-0.15, -0.1) is 11.8 Å². The highest BCUT2D eigenvalue weighted by Crippen LogP contribution is 2.24. The van der Waals surface area contributed by atoms with E-state index in [2.05, 4.69) is 12.1 Å². The van der Waals surface area contributed by atoms with E-state index in [1.54, 1.807) is 18.2 Å². The van der Waals surface area contributed by atoms with Gasteiger partial charge in [-0.3, -0.25) is 4.79 Å². The third-order valence-corrected chi connectivity index (χ3v) is 4.64. The highest BCUT2D eigenvalue weighted by Gasteiger charge is 2.20. The molecule has 1 aliphatic heterocycles. The van der Waals surface area contributed by atoms with Crippen LogP contribution in [0.15, 0.2) is 53.4 Å². The highest BCUT2D eigenvalue weighted by molar-refractivity contribution is 8.00. The normalized spacial score (nSPS) is 13.8. The van der Waals surface area contributed by atoms with Gasteiger partial charge < -0.3 is 10.0 Å². The lowest BCUT2D eigenvalue weighted by Gasteiger charge is -2.28. The first-order valence-electron chi connectivity index (χ1n) is 6.99. The first-order valence-corrected chi connectivity index (χ1v) is 7.97. The van der Waals surface area contributed by atoms with Crippen LogP contribution in [-0.2, 0) is 17.8 Å². The van der Waals surface area contributed by atoms with Gasteiger partial charge in [0.25, 0.3) is 0 Å². The molecular weight excluding hydrogens is 282 g/mol. The Bertz CT molecular complexity index is 657. The zero-order chi connectivity index (χ0) is 14.7. The number of phenols is 1. The lowest BCUT2D eigenvalue weighted by Crippen LogP contribution is -2.37. The smallest absolute Gasteiger partial charge is 0.233 e. The van der Waals surface area contributed by atoms with Gasteiger partial charge in [-0.05, 0) is 35.7 Å². The number of aromatic hydroxyl groups is 1. The average molecular weight is 299 g/mol. The van der Waals surface area contributed by atoms with Crippen molar-refractivity contribution >= 4 is 17.7 Å². The van der Waals surface area contributed by atoms with Crippen molar-refractivity contribution in [3.8, 4) is 5.75 Å². The van der Waals surface area contributed by atoms with Crippen molar-refractivity contribution in [3.05, 3.63) is 59.7 Å². The summed E-state index contributed by atoms with van der Waals surface area (Å²) in [5, 5.41) is 9.43. The van der Waals surface area contributed by atoms with Crippen LogP contribution in [0.2, 0.25) is 0 Å². The Morgan fingerprint density at radius 1 is 1.14 bits per heavy atom. The van der Waals surface area contributed by atoms with Crippen LogP contribution in [0.3, 0.4) is 0 Å². The maximum atomic E-state index is 12.3. The van der Waals surface area contributed by atoms with Crippen molar-refractivity contribution in [2.24, 2.45) is 0 Å². The summed E-state index contributed by atoms with van der Waals surface area (Å²) < 4.78 is 0. The topological polar surface area (TPSA) is 40.5 Å². The second-order valence-electron chi connectivity index (χ2n) is 5.12. The molecule has 0 atom stereocenters. The quantitative estimate of drug-likeness (QED) is 0.886. The van der Waals surface area contributed by atoms with Crippen LogP contribution >= 0.6 is 11.8 Å². The molecule has 3 nitrogen and oxygen atoms in total.